The number of amides is 1. The Morgan fingerprint density at radius 3 is 2.73 bits per heavy atom. The third-order valence-electron chi connectivity index (χ3n) is 2.95. The molecule has 0 atom stereocenters. The molecule has 0 saturated carbocycles. The van der Waals surface area contributed by atoms with Crippen molar-refractivity contribution in [3.05, 3.63) is 65.7 Å². The first kappa shape index (κ1) is 15.7. The minimum Gasteiger partial charge on any atom is -0.492 e. The van der Waals surface area contributed by atoms with Gasteiger partial charge in [0.05, 0.1) is 6.54 Å². The predicted octanol–water partition coefficient (Wildman–Crippen LogP) is 2.80. The molecule has 0 heterocycles. The SMILES string of the molecule is CC(=O)NCCOc1cccc(C#CCc2ccccc2)c1. The van der Waals surface area contributed by atoms with Gasteiger partial charge in [-0.15, -0.1) is 0 Å². The number of hydrogen-bond acceptors (Lipinski definition) is 2. The van der Waals surface area contributed by atoms with Gasteiger partial charge in [-0.1, -0.05) is 48.2 Å². The maximum absolute atomic E-state index is 10.8. The van der Waals surface area contributed by atoms with Crippen molar-refractivity contribution in [3.8, 4) is 17.6 Å². The fraction of sp³-hybridized carbons (Fsp3) is 0.211. The van der Waals surface area contributed by atoms with Gasteiger partial charge in [0.15, 0.2) is 0 Å². The molecule has 0 aliphatic carbocycles. The number of carbonyl (C=O) groups excluding carboxylic acids is 1. The summed E-state index contributed by atoms with van der Waals surface area (Å²) in [4.78, 5) is 10.8. The third-order valence-corrected chi connectivity index (χ3v) is 2.95. The molecule has 0 spiro atoms. The van der Waals surface area contributed by atoms with Crippen LogP contribution in [0.2, 0.25) is 0 Å². The van der Waals surface area contributed by atoms with Crippen LogP contribution in [0.5, 0.6) is 5.75 Å². The van der Waals surface area contributed by atoms with Crippen LogP contribution in [-0.2, 0) is 11.2 Å². The predicted molar refractivity (Wildman–Crippen MR) is 87.6 cm³/mol. The Bertz CT molecular complexity index is 669. The molecule has 0 aliphatic heterocycles. The van der Waals surface area contributed by atoms with Gasteiger partial charge >= 0.3 is 0 Å². The van der Waals surface area contributed by atoms with Crippen molar-refractivity contribution in [1.29, 1.82) is 0 Å². The van der Waals surface area contributed by atoms with Gasteiger partial charge in [-0.25, -0.2) is 0 Å². The van der Waals surface area contributed by atoms with Crippen LogP contribution in [0.4, 0.5) is 0 Å². The molecule has 1 amide bonds. The summed E-state index contributed by atoms with van der Waals surface area (Å²) in [6, 6.07) is 17.8. The maximum atomic E-state index is 10.8. The van der Waals surface area contributed by atoms with Crippen LogP contribution in [0, 0.1) is 11.8 Å². The summed E-state index contributed by atoms with van der Waals surface area (Å²) in [5.41, 5.74) is 2.13. The second-order valence-electron chi connectivity index (χ2n) is 4.82. The molecule has 1 N–H and O–H groups in total. The molecule has 2 aromatic rings. The summed E-state index contributed by atoms with van der Waals surface area (Å²) >= 11 is 0. The normalized spacial score (nSPS) is 9.50. The highest BCUT2D eigenvalue weighted by molar-refractivity contribution is 5.72. The summed E-state index contributed by atoms with van der Waals surface area (Å²) < 4.78 is 5.58. The van der Waals surface area contributed by atoms with E-state index >= 15 is 0 Å². The van der Waals surface area contributed by atoms with Crippen molar-refractivity contribution >= 4 is 5.91 Å². The van der Waals surface area contributed by atoms with Crippen molar-refractivity contribution in [3.63, 3.8) is 0 Å². The van der Waals surface area contributed by atoms with Gasteiger partial charge in [0.1, 0.15) is 12.4 Å². The first-order chi connectivity index (χ1) is 10.7. The van der Waals surface area contributed by atoms with Gasteiger partial charge in [0.25, 0.3) is 0 Å². The largest absolute Gasteiger partial charge is 0.492 e. The highest BCUT2D eigenvalue weighted by atomic mass is 16.5. The smallest absolute Gasteiger partial charge is 0.216 e. The fourth-order valence-corrected chi connectivity index (χ4v) is 1.90. The zero-order valence-electron chi connectivity index (χ0n) is 12.6. The lowest BCUT2D eigenvalue weighted by atomic mass is 10.1. The van der Waals surface area contributed by atoms with Crippen molar-refractivity contribution in [2.75, 3.05) is 13.2 Å². The van der Waals surface area contributed by atoms with Crippen molar-refractivity contribution in [2.45, 2.75) is 13.3 Å². The Hall–Kier alpha value is -2.73. The number of rotatable bonds is 5. The number of hydrogen-bond donors (Lipinski definition) is 1. The van der Waals surface area contributed by atoms with E-state index in [4.69, 9.17) is 4.74 Å². The monoisotopic (exact) mass is 293 g/mol. The average Bonchev–Trinajstić information content (AvgIpc) is 2.53. The molecular formula is C19H19NO2. The van der Waals surface area contributed by atoms with Crippen molar-refractivity contribution in [1.82, 2.24) is 5.32 Å². The molecule has 22 heavy (non-hydrogen) atoms. The van der Waals surface area contributed by atoms with E-state index < -0.39 is 0 Å². The summed E-state index contributed by atoms with van der Waals surface area (Å²) in [5, 5.41) is 2.69. The van der Waals surface area contributed by atoms with E-state index in [-0.39, 0.29) is 5.91 Å². The molecule has 3 nitrogen and oxygen atoms in total. The zero-order chi connectivity index (χ0) is 15.6. The highest BCUT2D eigenvalue weighted by Gasteiger charge is 1.96. The van der Waals surface area contributed by atoms with Crippen LogP contribution < -0.4 is 10.1 Å². The Labute approximate surface area is 131 Å². The Kier molecular flexibility index (Phi) is 6.07. The van der Waals surface area contributed by atoms with Crippen molar-refractivity contribution < 1.29 is 9.53 Å². The third kappa shape index (κ3) is 5.72. The van der Waals surface area contributed by atoms with Gasteiger partial charge in [-0.2, -0.15) is 0 Å². The Balaban J connectivity index is 1.87. The van der Waals surface area contributed by atoms with Crippen molar-refractivity contribution in [2.24, 2.45) is 0 Å². The minimum absolute atomic E-state index is 0.0517. The number of benzene rings is 2. The molecule has 2 aromatic carbocycles. The van der Waals surface area contributed by atoms with Crippen LogP contribution in [0.3, 0.4) is 0 Å². The fourth-order valence-electron chi connectivity index (χ4n) is 1.90. The molecule has 0 unspecified atom stereocenters. The van der Waals surface area contributed by atoms with E-state index in [2.05, 4.69) is 29.3 Å². The maximum Gasteiger partial charge on any atom is 0.216 e. The summed E-state index contributed by atoms with van der Waals surface area (Å²) in [6.45, 7) is 2.43. The van der Waals surface area contributed by atoms with E-state index in [9.17, 15) is 4.79 Å². The average molecular weight is 293 g/mol. The van der Waals surface area contributed by atoms with Crippen LogP contribution in [0.15, 0.2) is 54.6 Å². The quantitative estimate of drug-likeness (QED) is 0.680. The minimum atomic E-state index is -0.0517. The lowest BCUT2D eigenvalue weighted by Gasteiger charge is -2.06. The summed E-state index contributed by atoms with van der Waals surface area (Å²) in [5.74, 6) is 7.02. The van der Waals surface area contributed by atoms with Crippen LogP contribution in [-0.4, -0.2) is 19.1 Å². The second kappa shape index (κ2) is 8.53. The Morgan fingerprint density at radius 2 is 1.95 bits per heavy atom. The Morgan fingerprint density at radius 1 is 1.14 bits per heavy atom. The van der Waals surface area contributed by atoms with Gasteiger partial charge in [-0.3, -0.25) is 4.79 Å². The standard InChI is InChI=1S/C19H19NO2/c1-16(21)20-13-14-22-19-12-6-11-18(15-19)10-5-9-17-7-3-2-4-8-17/h2-4,6-8,11-12,15H,9,13-14H2,1H3,(H,20,21). The van der Waals surface area contributed by atoms with Gasteiger partial charge in [-0.05, 0) is 23.8 Å². The van der Waals surface area contributed by atoms with Crippen LogP contribution >= 0.6 is 0 Å². The number of nitrogens with one attached hydrogen (secondary N) is 1. The molecule has 0 radical (unpaired) electrons. The molecule has 0 saturated heterocycles. The lowest BCUT2D eigenvalue weighted by Crippen LogP contribution is -2.25. The van der Waals surface area contributed by atoms with E-state index in [0.29, 0.717) is 13.2 Å². The lowest BCUT2D eigenvalue weighted by molar-refractivity contribution is -0.119. The first-order valence-electron chi connectivity index (χ1n) is 7.24. The number of carbonyl (C=O) groups is 1. The van der Waals surface area contributed by atoms with Gasteiger partial charge < -0.3 is 10.1 Å². The van der Waals surface area contributed by atoms with Crippen LogP contribution in [0.25, 0.3) is 0 Å². The highest BCUT2D eigenvalue weighted by Crippen LogP contribution is 2.12. The molecular weight excluding hydrogens is 274 g/mol. The molecule has 0 aliphatic rings. The molecule has 0 fully saturated rings. The topological polar surface area (TPSA) is 38.3 Å². The van der Waals surface area contributed by atoms with E-state index in [1.807, 2.05) is 42.5 Å². The molecule has 2 rings (SSSR count). The van der Waals surface area contributed by atoms with E-state index in [0.717, 1.165) is 17.7 Å². The summed E-state index contributed by atoms with van der Waals surface area (Å²) in [7, 11) is 0. The van der Waals surface area contributed by atoms with E-state index in [1.54, 1.807) is 0 Å². The van der Waals surface area contributed by atoms with Gasteiger partial charge in [0, 0.05) is 18.9 Å². The zero-order valence-corrected chi connectivity index (χ0v) is 12.6. The van der Waals surface area contributed by atoms with E-state index in [1.165, 1.54) is 12.5 Å². The molecule has 3 heteroatoms. The van der Waals surface area contributed by atoms with Gasteiger partial charge in [0.2, 0.25) is 5.91 Å². The number of ether oxygens (including phenoxy) is 1. The molecule has 112 valence electrons. The second-order valence-corrected chi connectivity index (χ2v) is 4.82. The summed E-state index contributed by atoms with van der Waals surface area (Å²) in [6.07, 6.45) is 0.731. The first-order valence-corrected chi connectivity index (χ1v) is 7.24. The molecule has 0 aromatic heterocycles. The van der Waals surface area contributed by atoms with Crippen LogP contribution in [0.1, 0.15) is 18.1 Å². The molecule has 0 bridgehead atoms.